The second-order valence-electron chi connectivity index (χ2n) is 7.32. The van der Waals surface area contributed by atoms with Crippen LogP contribution in [-0.4, -0.2) is 45.4 Å². The molecular weight excluding hydrogens is 284 g/mol. The van der Waals surface area contributed by atoms with Crippen LogP contribution in [0.5, 0.6) is 0 Å². The SMILES string of the molecule is CCCN(CCC)C(=S)OC1CC(C)(C)N([O])C(C)(C)C1. The maximum atomic E-state index is 12.4. The Morgan fingerprint density at radius 2 is 1.57 bits per heavy atom. The maximum Gasteiger partial charge on any atom is 0.259 e. The van der Waals surface area contributed by atoms with Crippen molar-refractivity contribution < 1.29 is 9.94 Å². The predicted molar refractivity (Wildman–Crippen MR) is 89.5 cm³/mol. The van der Waals surface area contributed by atoms with E-state index >= 15 is 0 Å². The first-order chi connectivity index (χ1) is 9.64. The molecule has 5 heteroatoms. The highest BCUT2D eigenvalue weighted by molar-refractivity contribution is 7.80. The Balaban J connectivity index is 2.71. The third kappa shape index (κ3) is 4.80. The van der Waals surface area contributed by atoms with Crippen LogP contribution in [-0.2, 0) is 9.94 Å². The number of rotatable bonds is 5. The van der Waals surface area contributed by atoms with Gasteiger partial charge in [-0.3, -0.25) is 0 Å². The van der Waals surface area contributed by atoms with Gasteiger partial charge in [0.15, 0.2) is 0 Å². The molecule has 0 spiro atoms. The lowest BCUT2D eigenvalue weighted by Crippen LogP contribution is -2.60. The second-order valence-corrected chi connectivity index (χ2v) is 7.67. The topological polar surface area (TPSA) is 35.6 Å². The van der Waals surface area contributed by atoms with Gasteiger partial charge in [-0.25, -0.2) is 0 Å². The van der Waals surface area contributed by atoms with Gasteiger partial charge < -0.3 is 9.64 Å². The van der Waals surface area contributed by atoms with Crippen molar-refractivity contribution in [3.8, 4) is 0 Å². The monoisotopic (exact) mass is 315 g/mol. The van der Waals surface area contributed by atoms with E-state index < -0.39 is 11.1 Å². The summed E-state index contributed by atoms with van der Waals surface area (Å²) in [5, 5.41) is 14.2. The normalized spacial score (nSPS) is 22.0. The van der Waals surface area contributed by atoms with E-state index in [-0.39, 0.29) is 6.10 Å². The van der Waals surface area contributed by atoms with Gasteiger partial charge in [-0.05, 0) is 52.8 Å². The van der Waals surface area contributed by atoms with Crippen LogP contribution in [0.15, 0.2) is 0 Å². The molecule has 0 aromatic carbocycles. The number of hydrogen-bond donors (Lipinski definition) is 0. The number of piperidine rings is 1. The van der Waals surface area contributed by atoms with E-state index in [2.05, 4.69) is 18.7 Å². The number of hydroxylamine groups is 2. The van der Waals surface area contributed by atoms with E-state index in [1.54, 1.807) is 0 Å². The Labute approximate surface area is 135 Å². The van der Waals surface area contributed by atoms with Crippen LogP contribution < -0.4 is 0 Å². The fraction of sp³-hybridized carbons (Fsp3) is 0.938. The Kier molecular flexibility index (Phi) is 6.44. The van der Waals surface area contributed by atoms with Crippen molar-refractivity contribution in [2.45, 2.75) is 84.4 Å². The molecule has 1 radical (unpaired) electrons. The molecule has 0 aliphatic carbocycles. The van der Waals surface area contributed by atoms with Crippen LogP contribution in [0.1, 0.15) is 67.2 Å². The molecule has 1 heterocycles. The smallest absolute Gasteiger partial charge is 0.259 e. The Hall–Kier alpha value is -0.390. The van der Waals surface area contributed by atoms with Gasteiger partial charge in [0.2, 0.25) is 0 Å². The third-order valence-electron chi connectivity index (χ3n) is 4.07. The van der Waals surface area contributed by atoms with Crippen molar-refractivity contribution in [1.82, 2.24) is 9.96 Å². The lowest BCUT2D eigenvalue weighted by atomic mass is 9.80. The minimum atomic E-state index is -0.414. The standard InChI is InChI=1S/C16H31N2O2S/c1-7-9-17(10-8-2)14(21)20-13-11-15(3,4)18(19)16(5,6)12-13/h13H,7-12H2,1-6H3. The maximum absolute atomic E-state index is 12.4. The number of ether oxygens (including phenoxy) is 1. The second kappa shape index (κ2) is 7.25. The van der Waals surface area contributed by atoms with Gasteiger partial charge in [-0.1, -0.05) is 13.8 Å². The average molecular weight is 316 g/mol. The van der Waals surface area contributed by atoms with Gasteiger partial charge in [-0.15, -0.1) is 10.3 Å². The molecule has 0 saturated carbocycles. The van der Waals surface area contributed by atoms with E-state index in [4.69, 9.17) is 17.0 Å². The molecular formula is C16H31N2O2S. The summed E-state index contributed by atoms with van der Waals surface area (Å²) < 4.78 is 6.07. The zero-order valence-electron chi connectivity index (χ0n) is 14.4. The summed E-state index contributed by atoms with van der Waals surface area (Å²) in [6, 6.07) is 0. The van der Waals surface area contributed by atoms with Crippen molar-refractivity contribution in [2.24, 2.45) is 0 Å². The highest BCUT2D eigenvalue weighted by atomic mass is 32.1. The van der Waals surface area contributed by atoms with Crippen molar-refractivity contribution in [3.05, 3.63) is 0 Å². The molecule has 0 N–H and O–H groups in total. The average Bonchev–Trinajstić information content (AvgIpc) is 2.35. The number of thiocarbonyl (C=S) groups is 1. The van der Waals surface area contributed by atoms with Gasteiger partial charge in [-0.2, -0.15) is 0 Å². The fourth-order valence-electron chi connectivity index (χ4n) is 3.31. The molecule has 21 heavy (non-hydrogen) atoms. The number of hydrogen-bond acceptors (Lipinski definition) is 3. The van der Waals surface area contributed by atoms with Crippen molar-refractivity contribution in [2.75, 3.05) is 13.1 Å². The zero-order chi connectivity index (χ0) is 16.3. The quantitative estimate of drug-likeness (QED) is 0.723. The van der Waals surface area contributed by atoms with Crippen LogP contribution in [0, 0.1) is 0 Å². The molecule has 1 saturated heterocycles. The van der Waals surface area contributed by atoms with Crippen molar-refractivity contribution in [1.29, 1.82) is 0 Å². The summed E-state index contributed by atoms with van der Waals surface area (Å²) in [6.07, 6.45) is 3.56. The Morgan fingerprint density at radius 3 is 1.95 bits per heavy atom. The molecule has 0 aromatic heterocycles. The van der Waals surface area contributed by atoms with E-state index in [0.29, 0.717) is 18.0 Å². The van der Waals surface area contributed by atoms with Gasteiger partial charge in [0.1, 0.15) is 6.10 Å². The van der Waals surface area contributed by atoms with Crippen molar-refractivity contribution in [3.63, 3.8) is 0 Å². The molecule has 0 bridgehead atoms. The largest absolute Gasteiger partial charge is 0.467 e. The van der Waals surface area contributed by atoms with Crippen LogP contribution in [0.25, 0.3) is 0 Å². The summed E-state index contributed by atoms with van der Waals surface area (Å²) in [7, 11) is 0. The van der Waals surface area contributed by atoms with E-state index in [1.807, 2.05) is 27.7 Å². The molecule has 1 fully saturated rings. The molecule has 1 aliphatic heterocycles. The van der Waals surface area contributed by atoms with Crippen LogP contribution >= 0.6 is 12.2 Å². The first-order valence-electron chi connectivity index (χ1n) is 8.07. The molecule has 123 valence electrons. The van der Waals surface area contributed by atoms with Gasteiger partial charge in [0.25, 0.3) is 5.17 Å². The predicted octanol–water partition coefficient (Wildman–Crippen LogP) is 3.78. The number of nitrogens with zero attached hydrogens (tertiary/aromatic N) is 2. The fourth-order valence-corrected chi connectivity index (χ4v) is 3.62. The van der Waals surface area contributed by atoms with Gasteiger partial charge in [0.05, 0.1) is 0 Å². The van der Waals surface area contributed by atoms with Gasteiger partial charge in [0, 0.05) is 37.0 Å². The first kappa shape index (κ1) is 18.7. The lowest BCUT2D eigenvalue weighted by molar-refractivity contribution is -0.297. The molecule has 0 amide bonds. The van der Waals surface area contributed by atoms with Crippen LogP contribution in [0.4, 0.5) is 0 Å². The summed E-state index contributed by atoms with van der Waals surface area (Å²) in [6.45, 7) is 14.1. The van der Waals surface area contributed by atoms with E-state index in [0.717, 1.165) is 25.9 Å². The molecule has 4 nitrogen and oxygen atoms in total. The van der Waals surface area contributed by atoms with E-state index in [1.165, 1.54) is 5.06 Å². The minimum Gasteiger partial charge on any atom is -0.467 e. The molecule has 0 unspecified atom stereocenters. The first-order valence-corrected chi connectivity index (χ1v) is 8.48. The highest BCUT2D eigenvalue weighted by Crippen LogP contribution is 2.38. The Bertz CT molecular complexity index is 334. The van der Waals surface area contributed by atoms with Crippen LogP contribution in [0.2, 0.25) is 0 Å². The Morgan fingerprint density at radius 1 is 1.14 bits per heavy atom. The molecule has 1 aliphatic rings. The van der Waals surface area contributed by atoms with Gasteiger partial charge >= 0.3 is 0 Å². The van der Waals surface area contributed by atoms with E-state index in [9.17, 15) is 5.21 Å². The summed E-state index contributed by atoms with van der Waals surface area (Å²) >= 11 is 5.48. The van der Waals surface area contributed by atoms with Crippen molar-refractivity contribution >= 4 is 17.4 Å². The lowest BCUT2D eigenvalue weighted by Gasteiger charge is -2.49. The summed E-state index contributed by atoms with van der Waals surface area (Å²) in [4.78, 5) is 2.14. The summed E-state index contributed by atoms with van der Waals surface area (Å²) in [5.41, 5.74) is -0.829. The third-order valence-corrected chi connectivity index (χ3v) is 4.42. The molecule has 0 aromatic rings. The minimum absolute atomic E-state index is 0.0175. The van der Waals surface area contributed by atoms with Crippen LogP contribution in [0.3, 0.4) is 0 Å². The molecule has 0 atom stereocenters. The zero-order valence-corrected chi connectivity index (χ0v) is 15.3. The summed E-state index contributed by atoms with van der Waals surface area (Å²) in [5.74, 6) is 0. The molecule has 1 rings (SSSR count). The highest BCUT2D eigenvalue weighted by Gasteiger charge is 2.47.